The third kappa shape index (κ3) is 3.31. The van der Waals surface area contributed by atoms with E-state index in [0.29, 0.717) is 22.4 Å². The van der Waals surface area contributed by atoms with E-state index < -0.39 is 17.5 Å². The number of rotatable bonds is 3. The van der Waals surface area contributed by atoms with Gasteiger partial charge >= 0.3 is 0 Å². The molecule has 0 bridgehead atoms. The Balaban J connectivity index is 1.81. The highest BCUT2D eigenvalue weighted by atomic mass is 19.1. The minimum atomic E-state index is -0.528. The van der Waals surface area contributed by atoms with E-state index in [1.54, 1.807) is 48.5 Å². The summed E-state index contributed by atoms with van der Waals surface area (Å²) in [7, 11) is 0. The Morgan fingerprint density at radius 2 is 1.19 bits per heavy atom. The van der Waals surface area contributed by atoms with Gasteiger partial charge < -0.3 is 0 Å². The standard InChI is InChI=1S/C22H13F3N2/c23-19-7-3-1-5-16(19)18-11-14(9-10-21(18)25)15-12-22(27-26-13-15)17-6-2-4-8-20(17)24/h1-13H. The van der Waals surface area contributed by atoms with Gasteiger partial charge in [-0.2, -0.15) is 10.2 Å². The molecule has 0 unspecified atom stereocenters. The molecule has 5 heteroatoms. The number of hydrogen-bond acceptors (Lipinski definition) is 2. The third-order valence-corrected chi connectivity index (χ3v) is 4.27. The Hall–Kier alpha value is -3.47. The minimum absolute atomic E-state index is 0.148. The van der Waals surface area contributed by atoms with Crippen molar-refractivity contribution in [1.29, 1.82) is 0 Å². The summed E-state index contributed by atoms with van der Waals surface area (Å²) in [5.74, 6) is -1.44. The van der Waals surface area contributed by atoms with Gasteiger partial charge in [-0.3, -0.25) is 0 Å². The van der Waals surface area contributed by atoms with E-state index in [1.165, 1.54) is 30.5 Å². The normalized spacial score (nSPS) is 10.8. The molecule has 0 atom stereocenters. The Kier molecular flexibility index (Phi) is 4.42. The van der Waals surface area contributed by atoms with Gasteiger partial charge in [0.05, 0.1) is 11.9 Å². The zero-order chi connectivity index (χ0) is 18.8. The van der Waals surface area contributed by atoms with Gasteiger partial charge in [0.2, 0.25) is 0 Å². The first-order chi connectivity index (χ1) is 13.1. The lowest BCUT2D eigenvalue weighted by Gasteiger charge is -2.09. The van der Waals surface area contributed by atoms with Crippen molar-refractivity contribution in [2.75, 3.05) is 0 Å². The van der Waals surface area contributed by atoms with Gasteiger partial charge in [0.1, 0.15) is 17.5 Å². The molecular formula is C22H13F3N2. The van der Waals surface area contributed by atoms with Crippen LogP contribution in [0.4, 0.5) is 13.2 Å². The Labute approximate surface area is 154 Å². The van der Waals surface area contributed by atoms with E-state index in [1.807, 2.05) is 0 Å². The van der Waals surface area contributed by atoms with Gasteiger partial charge in [0.15, 0.2) is 0 Å². The first-order valence-corrected chi connectivity index (χ1v) is 8.26. The molecule has 0 amide bonds. The van der Waals surface area contributed by atoms with Crippen molar-refractivity contribution < 1.29 is 13.2 Å². The molecule has 4 rings (SSSR count). The van der Waals surface area contributed by atoms with Crippen LogP contribution < -0.4 is 0 Å². The van der Waals surface area contributed by atoms with Gasteiger partial charge in [-0.1, -0.05) is 36.4 Å². The first-order valence-electron chi connectivity index (χ1n) is 8.26. The summed E-state index contributed by atoms with van der Waals surface area (Å²) in [5, 5.41) is 7.92. The average molecular weight is 362 g/mol. The first kappa shape index (κ1) is 17.0. The molecule has 0 radical (unpaired) electrons. The van der Waals surface area contributed by atoms with Crippen LogP contribution in [0.2, 0.25) is 0 Å². The molecule has 0 spiro atoms. The van der Waals surface area contributed by atoms with Crippen LogP contribution in [0, 0.1) is 17.5 Å². The van der Waals surface area contributed by atoms with E-state index in [0.717, 1.165) is 0 Å². The molecule has 132 valence electrons. The fourth-order valence-corrected chi connectivity index (χ4v) is 2.92. The van der Waals surface area contributed by atoms with Crippen LogP contribution in [0.5, 0.6) is 0 Å². The molecule has 0 saturated carbocycles. The molecular weight excluding hydrogens is 349 g/mol. The lowest BCUT2D eigenvalue weighted by Crippen LogP contribution is -1.93. The summed E-state index contributed by atoms with van der Waals surface area (Å²) < 4.78 is 42.4. The van der Waals surface area contributed by atoms with Gasteiger partial charge in [-0.25, -0.2) is 13.2 Å². The van der Waals surface area contributed by atoms with Crippen molar-refractivity contribution in [3.8, 4) is 33.5 Å². The molecule has 0 aliphatic heterocycles. The molecule has 0 fully saturated rings. The number of hydrogen-bond donors (Lipinski definition) is 0. The molecule has 2 nitrogen and oxygen atoms in total. The fourth-order valence-electron chi connectivity index (χ4n) is 2.92. The SMILES string of the molecule is Fc1ccccc1-c1cc(-c2ccc(F)c(-c3ccccc3F)c2)cnn1. The third-order valence-electron chi connectivity index (χ3n) is 4.27. The van der Waals surface area contributed by atoms with E-state index in [9.17, 15) is 13.2 Å². The highest BCUT2D eigenvalue weighted by Crippen LogP contribution is 2.31. The minimum Gasteiger partial charge on any atom is -0.206 e. The zero-order valence-electron chi connectivity index (χ0n) is 14.0. The number of benzene rings is 3. The van der Waals surface area contributed by atoms with Crippen LogP contribution in [-0.2, 0) is 0 Å². The molecule has 0 aliphatic rings. The molecule has 1 heterocycles. The zero-order valence-corrected chi connectivity index (χ0v) is 14.0. The number of halogens is 3. The largest absolute Gasteiger partial charge is 0.206 e. The summed E-state index contributed by atoms with van der Waals surface area (Å²) in [4.78, 5) is 0. The maximum absolute atomic E-state index is 14.3. The fraction of sp³-hybridized carbons (Fsp3) is 0. The van der Waals surface area contributed by atoms with E-state index in [4.69, 9.17) is 0 Å². The van der Waals surface area contributed by atoms with E-state index >= 15 is 0 Å². The second-order valence-corrected chi connectivity index (χ2v) is 5.98. The molecule has 0 aliphatic carbocycles. The van der Waals surface area contributed by atoms with Crippen LogP contribution >= 0.6 is 0 Å². The van der Waals surface area contributed by atoms with E-state index in [2.05, 4.69) is 10.2 Å². The van der Waals surface area contributed by atoms with Crippen molar-refractivity contribution in [3.63, 3.8) is 0 Å². The van der Waals surface area contributed by atoms with Crippen LogP contribution in [0.3, 0.4) is 0 Å². The van der Waals surface area contributed by atoms with Gasteiger partial charge in [-0.15, -0.1) is 0 Å². The molecule has 27 heavy (non-hydrogen) atoms. The summed E-state index contributed by atoms with van der Waals surface area (Å²) >= 11 is 0. The van der Waals surface area contributed by atoms with Crippen molar-refractivity contribution in [2.24, 2.45) is 0 Å². The lowest BCUT2D eigenvalue weighted by atomic mass is 9.98. The predicted molar refractivity (Wildman–Crippen MR) is 98.2 cm³/mol. The van der Waals surface area contributed by atoms with Crippen LogP contribution in [0.25, 0.3) is 33.5 Å². The Morgan fingerprint density at radius 1 is 0.556 bits per heavy atom. The quantitative estimate of drug-likeness (QED) is 0.454. The number of nitrogens with zero attached hydrogens (tertiary/aromatic N) is 2. The van der Waals surface area contributed by atoms with Gasteiger partial charge in [-0.05, 0) is 42.0 Å². The highest BCUT2D eigenvalue weighted by molar-refractivity contribution is 5.75. The Morgan fingerprint density at radius 3 is 1.89 bits per heavy atom. The molecule has 0 saturated heterocycles. The lowest BCUT2D eigenvalue weighted by molar-refractivity contribution is 0.616. The Bertz CT molecular complexity index is 1130. The van der Waals surface area contributed by atoms with Gasteiger partial charge in [0, 0.05) is 22.3 Å². The van der Waals surface area contributed by atoms with Crippen molar-refractivity contribution in [1.82, 2.24) is 10.2 Å². The van der Waals surface area contributed by atoms with Gasteiger partial charge in [0.25, 0.3) is 0 Å². The second-order valence-electron chi connectivity index (χ2n) is 5.98. The second kappa shape index (κ2) is 7.03. The molecule has 3 aromatic carbocycles. The number of aromatic nitrogens is 2. The molecule has 1 aromatic heterocycles. The molecule has 0 N–H and O–H groups in total. The summed E-state index contributed by atoms with van der Waals surface area (Å²) in [6.45, 7) is 0. The summed E-state index contributed by atoms with van der Waals surface area (Å²) in [6.07, 6.45) is 1.50. The smallest absolute Gasteiger partial charge is 0.132 e. The highest BCUT2D eigenvalue weighted by Gasteiger charge is 2.13. The van der Waals surface area contributed by atoms with E-state index in [-0.39, 0.29) is 11.1 Å². The van der Waals surface area contributed by atoms with Crippen molar-refractivity contribution in [3.05, 3.63) is 96.4 Å². The average Bonchev–Trinajstić information content (AvgIpc) is 2.69. The predicted octanol–water partition coefficient (Wildman–Crippen LogP) is 5.89. The summed E-state index contributed by atoms with van der Waals surface area (Å²) in [6, 6.07) is 18.3. The monoisotopic (exact) mass is 362 g/mol. The summed E-state index contributed by atoms with van der Waals surface area (Å²) in [5.41, 5.74) is 2.26. The van der Waals surface area contributed by atoms with Crippen LogP contribution in [0.1, 0.15) is 0 Å². The van der Waals surface area contributed by atoms with Crippen LogP contribution in [-0.4, -0.2) is 10.2 Å². The van der Waals surface area contributed by atoms with Crippen molar-refractivity contribution in [2.45, 2.75) is 0 Å². The topological polar surface area (TPSA) is 25.8 Å². The maximum Gasteiger partial charge on any atom is 0.132 e. The maximum atomic E-state index is 14.3. The van der Waals surface area contributed by atoms with Crippen molar-refractivity contribution >= 4 is 0 Å². The van der Waals surface area contributed by atoms with Crippen LogP contribution in [0.15, 0.2) is 79.0 Å². The molecule has 4 aromatic rings.